The van der Waals surface area contributed by atoms with E-state index in [9.17, 15) is 14.4 Å². The summed E-state index contributed by atoms with van der Waals surface area (Å²) in [6.45, 7) is 0.220. The van der Waals surface area contributed by atoms with Crippen LogP contribution in [0.1, 0.15) is 51.4 Å². The smallest absolute Gasteiger partial charge is 0.303 e. The van der Waals surface area contributed by atoms with Gasteiger partial charge in [-0.25, -0.2) is 0 Å². The third kappa shape index (κ3) is 5.72. The molecule has 1 aliphatic rings. The lowest BCUT2D eigenvalue weighted by Crippen LogP contribution is -2.36. The Morgan fingerprint density at radius 2 is 1.74 bits per heavy atom. The maximum atomic E-state index is 11.8. The van der Waals surface area contributed by atoms with Gasteiger partial charge in [-0.15, -0.1) is 0 Å². The number of hydrogen-bond donors (Lipinski definition) is 3. The SMILES string of the molecule is NC(=O)CCNC(=O)CC1(CC(=O)O)CCCCC1. The minimum absolute atomic E-state index is 0.0379. The zero-order valence-electron chi connectivity index (χ0n) is 11.1. The second-order valence-corrected chi connectivity index (χ2v) is 5.37. The largest absolute Gasteiger partial charge is 0.481 e. The third-order valence-corrected chi connectivity index (χ3v) is 3.67. The molecule has 0 spiro atoms. The molecule has 19 heavy (non-hydrogen) atoms. The van der Waals surface area contributed by atoms with Gasteiger partial charge in [0, 0.05) is 19.4 Å². The highest BCUT2D eigenvalue weighted by atomic mass is 16.4. The minimum atomic E-state index is -0.855. The molecule has 0 bridgehead atoms. The van der Waals surface area contributed by atoms with Crippen molar-refractivity contribution in [2.24, 2.45) is 11.1 Å². The summed E-state index contributed by atoms with van der Waals surface area (Å²) in [6.07, 6.45) is 4.98. The molecule has 1 rings (SSSR count). The van der Waals surface area contributed by atoms with E-state index in [1.54, 1.807) is 0 Å². The molecule has 0 aromatic carbocycles. The van der Waals surface area contributed by atoms with Crippen molar-refractivity contribution in [2.45, 2.75) is 51.4 Å². The molecule has 0 heterocycles. The first-order chi connectivity index (χ1) is 8.93. The molecule has 1 saturated carbocycles. The Bertz CT molecular complexity index is 349. The van der Waals surface area contributed by atoms with E-state index in [0.717, 1.165) is 32.1 Å². The first kappa shape index (κ1) is 15.5. The number of carboxylic acid groups (broad SMARTS) is 1. The molecule has 0 saturated heterocycles. The number of aliphatic carboxylic acids is 1. The number of carbonyl (C=O) groups excluding carboxylic acids is 2. The highest BCUT2D eigenvalue weighted by Gasteiger charge is 2.36. The predicted octanol–water partition coefficient (Wildman–Crippen LogP) is 0.793. The van der Waals surface area contributed by atoms with Gasteiger partial charge in [-0.2, -0.15) is 0 Å². The zero-order chi connectivity index (χ0) is 14.3. The van der Waals surface area contributed by atoms with Crippen LogP contribution in [0.4, 0.5) is 0 Å². The Labute approximate surface area is 112 Å². The second kappa shape index (κ2) is 7.11. The molecule has 1 aliphatic carbocycles. The molecule has 6 nitrogen and oxygen atoms in total. The summed E-state index contributed by atoms with van der Waals surface area (Å²) in [6, 6.07) is 0. The molecule has 0 radical (unpaired) electrons. The van der Waals surface area contributed by atoms with E-state index < -0.39 is 17.3 Å². The summed E-state index contributed by atoms with van der Waals surface area (Å²) in [7, 11) is 0. The average Bonchev–Trinajstić information content (AvgIpc) is 2.27. The molecule has 0 unspecified atom stereocenters. The van der Waals surface area contributed by atoms with Gasteiger partial charge in [0.25, 0.3) is 0 Å². The summed E-state index contributed by atoms with van der Waals surface area (Å²) in [5.74, 6) is -1.51. The van der Waals surface area contributed by atoms with Crippen LogP contribution in [-0.4, -0.2) is 29.4 Å². The Morgan fingerprint density at radius 3 is 2.26 bits per heavy atom. The first-order valence-corrected chi connectivity index (χ1v) is 6.70. The lowest BCUT2D eigenvalue weighted by molar-refractivity contribution is -0.141. The summed E-state index contributed by atoms with van der Waals surface area (Å²) < 4.78 is 0. The molecule has 6 heteroatoms. The van der Waals surface area contributed by atoms with E-state index in [-0.39, 0.29) is 31.7 Å². The topological polar surface area (TPSA) is 109 Å². The maximum absolute atomic E-state index is 11.8. The highest BCUT2D eigenvalue weighted by Crippen LogP contribution is 2.42. The number of carboxylic acids is 1. The first-order valence-electron chi connectivity index (χ1n) is 6.70. The molecule has 0 aromatic rings. The lowest BCUT2D eigenvalue weighted by Gasteiger charge is -2.35. The van der Waals surface area contributed by atoms with Crippen LogP contribution in [0.25, 0.3) is 0 Å². The fourth-order valence-corrected chi connectivity index (χ4v) is 2.77. The van der Waals surface area contributed by atoms with Crippen LogP contribution in [-0.2, 0) is 14.4 Å². The van der Waals surface area contributed by atoms with Crippen LogP contribution in [0.3, 0.4) is 0 Å². The fraction of sp³-hybridized carbons (Fsp3) is 0.769. The summed E-state index contributed by atoms with van der Waals surface area (Å²) >= 11 is 0. The van der Waals surface area contributed by atoms with Gasteiger partial charge in [0.2, 0.25) is 11.8 Å². The van der Waals surface area contributed by atoms with Crippen molar-refractivity contribution in [3.05, 3.63) is 0 Å². The molecule has 4 N–H and O–H groups in total. The number of carbonyl (C=O) groups is 3. The summed E-state index contributed by atoms with van der Waals surface area (Å²) in [5.41, 5.74) is 4.57. The number of amides is 2. The minimum Gasteiger partial charge on any atom is -0.481 e. The van der Waals surface area contributed by atoms with E-state index in [4.69, 9.17) is 10.8 Å². The Balaban J connectivity index is 2.49. The molecule has 0 atom stereocenters. The van der Waals surface area contributed by atoms with Crippen LogP contribution < -0.4 is 11.1 Å². The third-order valence-electron chi connectivity index (χ3n) is 3.67. The second-order valence-electron chi connectivity index (χ2n) is 5.37. The van der Waals surface area contributed by atoms with Crippen LogP contribution in [0.2, 0.25) is 0 Å². The van der Waals surface area contributed by atoms with Crippen molar-refractivity contribution in [1.29, 1.82) is 0 Å². The van der Waals surface area contributed by atoms with Gasteiger partial charge in [0.05, 0.1) is 6.42 Å². The Kier molecular flexibility index (Phi) is 5.79. The van der Waals surface area contributed by atoms with Gasteiger partial charge in [0.1, 0.15) is 0 Å². The number of rotatable bonds is 7. The van der Waals surface area contributed by atoms with Gasteiger partial charge in [-0.1, -0.05) is 19.3 Å². The van der Waals surface area contributed by atoms with Crippen LogP contribution in [0.15, 0.2) is 0 Å². The van der Waals surface area contributed by atoms with Gasteiger partial charge in [-0.3, -0.25) is 14.4 Å². The van der Waals surface area contributed by atoms with Gasteiger partial charge < -0.3 is 16.2 Å². The van der Waals surface area contributed by atoms with Crippen molar-refractivity contribution >= 4 is 17.8 Å². The predicted molar refractivity (Wildman–Crippen MR) is 69.2 cm³/mol. The van der Waals surface area contributed by atoms with Crippen molar-refractivity contribution < 1.29 is 19.5 Å². The summed E-state index contributed by atoms with van der Waals surface area (Å²) in [4.78, 5) is 33.4. The Morgan fingerprint density at radius 1 is 1.11 bits per heavy atom. The standard InChI is InChI=1S/C13H22N2O4/c14-10(16)4-7-15-11(17)8-13(9-12(18)19)5-2-1-3-6-13/h1-9H2,(H2,14,16)(H,15,17)(H,18,19). The molecular formula is C13H22N2O4. The number of nitrogens with one attached hydrogen (secondary N) is 1. The number of nitrogens with two attached hydrogens (primary N) is 1. The Hall–Kier alpha value is -1.59. The van der Waals surface area contributed by atoms with Crippen LogP contribution in [0, 0.1) is 5.41 Å². The van der Waals surface area contributed by atoms with E-state index in [1.807, 2.05) is 0 Å². The van der Waals surface area contributed by atoms with Gasteiger partial charge in [0.15, 0.2) is 0 Å². The number of primary amides is 1. The zero-order valence-corrected chi connectivity index (χ0v) is 11.1. The monoisotopic (exact) mass is 270 g/mol. The van der Waals surface area contributed by atoms with Crippen molar-refractivity contribution in [3.8, 4) is 0 Å². The van der Waals surface area contributed by atoms with Gasteiger partial charge in [-0.05, 0) is 18.3 Å². The van der Waals surface area contributed by atoms with Gasteiger partial charge >= 0.3 is 5.97 Å². The van der Waals surface area contributed by atoms with E-state index in [1.165, 1.54) is 0 Å². The van der Waals surface area contributed by atoms with E-state index >= 15 is 0 Å². The van der Waals surface area contributed by atoms with Crippen LogP contribution in [0.5, 0.6) is 0 Å². The number of hydrogen-bond acceptors (Lipinski definition) is 3. The molecule has 1 fully saturated rings. The van der Waals surface area contributed by atoms with E-state index in [2.05, 4.69) is 5.32 Å². The average molecular weight is 270 g/mol. The molecule has 0 aliphatic heterocycles. The lowest BCUT2D eigenvalue weighted by atomic mass is 9.69. The van der Waals surface area contributed by atoms with Crippen LogP contribution >= 0.6 is 0 Å². The molecule has 108 valence electrons. The van der Waals surface area contributed by atoms with E-state index in [0.29, 0.717) is 0 Å². The maximum Gasteiger partial charge on any atom is 0.303 e. The normalized spacial score (nSPS) is 17.7. The van der Waals surface area contributed by atoms with Crippen molar-refractivity contribution in [3.63, 3.8) is 0 Å². The molecule has 0 aromatic heterocycles. The fourth-order valence-electron chi connectivity index (χ4n) is 2.77. The summed E-state index contributed by atoms with van der Waals surface area (Å²) in [5, 5.41) is 11.6. The van der Waals surface area contributed by atoms with Crippen molar-refractivity contribution in [2.75, 3.05) is 6.54 Å². The highest BCUT2D eigenvalue weighted by molar-refractivity contribution is 5.79. The van der Waals surface area contributed by atoms with Crippen molar-refractivity contribution in [1.82, 2.24) is 5.32 Å². The molecular weight excluding hydrogens is 248 g/mol. The molecule has 2 amide bonds. The quantitative estimate of drug-likeness (QED) is 0.635.